The molecule has 2 heterocycles. The highest BCUT2D eigenvalue weighted by atomic mass is 16.5. The van der Waals surface area contributed by atoms with Gasteiger partial charge < -0.3 is 29.9 Å². The number of rotatable bonds is 13. The fraction of sp³-hybridized carbons (Fsp3) is 0.273. The number of ether oxygens (including phenoxy) is 2. The van der Waals surface area contributed by atoms with Gasteiger partial charge in [0.1, 0.15) is 36.1 Å². The molecule has 4 amide bonds. The molecule has 2 N–H and O–H groups in total. The first-order chi connectivity index (χ1) is 26.5. The molecule has 2 fully saturated rings. The van der Waals surface area contributed by atoms with Crippen LogP contribution in [0.3, 0.4) is 0 Å². The second-order valence-electron chi connectivity index (χ2n) is 13.2. The van der Waals surface area contributed by atoms with E-state index in [0.717, 1.165) is 38.5 Å². The van der Waals surface area contributed by atoms with Crippen molar-refractivity contribution in [1.82, 2.24) is 20.4 Å². The topological polar surface area (TPSA) is 117 Å². The Morgan fingerprint density at radius 1 is 0.481 bits per heavy atom. The molecule has 4 aromatic carbocycles. The number of nitrogens with zero attached hydrogens (tertiary/aromatic N) is 2. The Hall–Kier alpha value is -6.16. The Kier molecular flexibility index (Phi) is 13.3. The van der Waals surface area contributed by atoms with E-state index in [2.05, 4.69) is 10.6 Å². The molecule has 0 aromatic heterocycles. The number of carbonyl (C=O) groups is 4. The number of likely N-dealkylation sites (tertiary alicyclic amines) is 2. The van der Waals surface area contributed by atoms with Crippen molar-refractivity contribution >= 4 is 35.8 Å². The van der Waals surface area contributed by atoms with Crippen LogP contribution >= 0.6 is 0 Å². The van der Waals surface area contributed by atoms with Gasteiger partial charge in [-0.25, -0.2) is 0 Å². The second-order valence-corrected chi connectivity index (χ2v) is 13.2. The first-order valence-electron chi connectivity index (χ1n) is 18.6. The molecule has 10 heteroatoms. The quantitative estimate of drug-likeness (QED) is 0.117. The zero-order valence-electron chi connectivity index (χ0n) is 30.4. The molecule has 0 aliphatic carbocycles. The number of amides is 4. The van der Waals surface area contributed by atoms with Gasteiger partial charge in [-0.2, -0.15) is 0 Å². The molecule has 2 saturated heterocycles. The molecule has 54 heavy (non-hydrogen) atoms. The Morgan fingerprint density at radius 3 is 1.22 bits per heavy atom. The van der Waals surface area contributed by atoms with E-state index in [1.807, 2.05) is 48.5 Å². The molecule has 278 valence electrons. The highest BCUT2D eigenvalue weighted by molar-refractivity contribution is 6.06. The van der Waals surface area contributed by atoms with Crippen LogP contribution in [0.2, 0.25) is 0 Å². The van der Waals surface area contributed by atoms with Crippen LogP contribution in [0.5, 0.6) is 11.5 Å². The van der Waals surface area contributed by atoms with Crippen molar-refractivity contribution in [3.8, 4) is 11.5 Å². The summed E-state index contributed by atoms with van der Waals surface area (Å²) in [4.78, 5) is 57.3. The maximum Gasteiger partial charge on any atom is 0.270 e. The van der Waals surface area contributed by atoms with Gasteiger partial charge in [0.25, 0.3) is 23.6 Å². The summed E-state index contributed by atoms with van der Waals surface area (Å²) in [6.45, 7) is 2.87. The van der Waals surface area contributed by atoms with Crippen molar-refractivity contribution < 1.29 is 28.7 Å². The minimum atomic E-state index is -0.368. The van der Waals surface area contributed by atoms with E-state index < -0.39 is 0 Å². The van der Waals surface area contributed by atoms with Gasteiger partial charge in [0.05, 0.1) is 0 Å². The van der Waals surface area contributed by atoms with Crippen molar-refractivity contribution in [2.75, 3.05) is 39.4 Å². The fourth-order valence-electron chi connectivity index (χ4n) is 6.48. The Balaban J connectivity index is 1.17. The van der Waals surface area contributed by atoms with E-state index >= 15 is 0 Å². The third kappa shape index (κ3) is 10.2. The maximum atomic E-state index is 13.7. The zero-order chi connectivity index (χ0) is 37.5. The minimum Gasteiger partial charge on any atom is -0.489 e. The normalized spacial score (nSPS) is 14.9. The van der Waals surface area contributed by atoms with Crippen LogP contribution in [0.4, 0.5) is 0 Å². The van der Waals surface area contributed by atoms with E-state index in [4.69, 9.17) is 9.47 Å². The zero-order valence-corrected chi connectivity index (χ0v) is 30.4. The summed E-state index contributed by atoms with van der Waals surface area (Å²) in [7, 11) is 0. The fourth-order valence-corrected chi connectivity index (χ4v) is 6.48. The van der Waals surface area contributed by atoms with Crippen molar-refractivity contribution in [2.24, 2.45) is 0 Å². The highest BCUT2D eigenvalue weighted by Crippen LogP contribution is 2.25. The van der Waals surface area contributed by atoms with Gasteiger partial charge in [0.15, 0.2) is 0 Å². The lowest BCUT2D eigenvalue weighted by molar-refractivity contribution is -0.129. The Bertz CT molecular complexity index is 1820. The molecule has 0 saturated carbocycles. The van der Waals surface area contributed by atoms with Crippen molar-refractivity contribution in [1.29, 1.82) is 0 Å². The first-order valence-corrected chi connectivity index (χ1v) is 18.6. The van der Waals surface area contributed by atoms with E-state index in [1.165, 1.54) is 0 Å². The van der Waals surface area contributed by atoms with Crippen molar-refractivity contribution in [2.45, 2.75) is 38.5 Å². The summed E-state index contributed by atoms with van der Waals surface area (Å²) in [5.41, 5.74) is 2.51. The smallest absolute Gasteiger partial charge is 0.270 e. The summed E-state index contributed by atoms with van der Waals surface area (Å²) in [5, 5.41) is 5.72. The van der Waals surface area contributed by atoms with Gasteiger partial charge >= 0.3 is 0 Å². The van der Waals surface area contributed by atoms with Crippen molar-refractivity contribution in [3.63, 3.8) is 0 Å². The van der Waals surface area contributed by atoms with Gasteiger partial charge in [-0.15, -0.1) is 0 Å². The molecule has 0 radical (unpaired) electrons. The lowest BCUT2D eigenvalue weighted by Crippen LogP contribution is -2.41. The average Bonchev–Trinajstić information content (AvgIpc) is 3.23. The van der Waals surface area contributed by atoms with Gasteiger partial charge in [-0.1, -0.05) is 72.8 Å². The number of carbonyl (C=O) groups excluding carboxylic acids is 4. The summed E-state index contributed by atoms with van der Waals surface area (Å²) in [5.74, 6) is -0.172. The number of benzene rings is 4. The number of para-hydroxylation sites is 2. The molecule has 2 aliphatic rings. The summed E-state index contributed by atoms with van der Waals surface area (Å²) < 4.78 is 12.3. The maximum absolute atomic E-state index is 13.7. The lowest BCUT2D eigenvalue weighted by Gasteiger charge is -2.28. The standard InChI is InChI=1S/C44H46N4O6/c49-41(33-17-5-1-6-18-33)45-37(43(51)47-25-13-3-14-26-47)31-35-21-9-11-23-39(35)53-29-30-54-40-24-12-10-22-36(40)32-38(44(52)48-27-15-4-16-28-48)46-42(50)34-19-7-2-8-20-34/h1-2,5-12,17-24,31-32H,3-4,13-16,25-30H2,(H,45,49)(H,46,50)/b37-31-,38-32-. The summed E-state index contributed by atoms with van der Waals surface area (Å²) >= 11 is 0. The van der Waals surface area contributed by atoms with Crippen LogP contribution in [-0.2, 0) is 9.59 Å². The molecule has 0 unspecified atom stereocenters. The van der Waals surface area contributed by atoms with Crippen LogP contribution in [0.1, 0.15) is 70.4 Å². The molecule has 4 aromatic rings. The lowest BCUT2D eigenvalue weighted by atomic mass is 10.1. The predicted octanol–water partition coefficient (Wildman–Crippen LogP) is 6.71. The molecule has 2 aliphatic heterocycles. The highest BCUT2D eigenvalue weighted by Gasteiger charge is 2.24. The Morgan fingerprint density at radius 2 is 0.833 bits per heavy atom. The number of piperidine rings is 2. The summed E-state index contributed by atoms with van der Waals surface area (Å²) in [6, 6.07) is 32.3. The van der Waals surface area contributed by atoms with E-state index in [1.54, 1.807) is 82.6 Å². The number of hydrogen-bond acceptors (Lipinski definition) is 6. The predicted molar refractivity (Wildman–Crippen MR) is 209 cm³/mol. The van der Waals surface area contributed by atoms with Crippen LogP contribution in [0.15, 0.2) is 121 Å². The van der Waals surface area contributed by atoms with E-state index in [0.29, 0.717) is 59.9 Å². The second kappa shape index (κ2) is 19.1. The van der Waals surface area contributed by atoms with Crippen LogP contribution in [-0.4, -0.2) is 72.8 Å². The largest absolute Gasteiger partial charge is 0.489 e. The third-order valence-corrected chi connectivity index (χ3v) is 9.35. The minimum absolute atomic E-state index is 0.166. The third-order valence-electron chi connectivity index (χ3n) is 9.35. The van der Waals surface area contributed by atoms with Gasteiger partial charge in [0, 0.05) is 48.4 Å². The SMILES string of the molecule is O=C(N/C(=C\c1ccccc1OCCOc1ccccc1/C=C(\NC(=O)c1ccccc1)C(=O)N1CCCCC1)C(=O)N1CCCCC1)c1ccccc1. The molecule has 0 atom stereocenters. The molecule has 6 rings (SSSR count). The van der Waals surface area contributed by atoms with Gasteiger partial charge in [0.2, 0.25) is 0 Å². The Labute approximate surface area is 316 Å². The van der Waals surface area contributed by atoms with E-state index in [-0.39, 0.29) is 48.2 Å². The van der Waals surface area contributed by atoms with Crippen LogP contribution < -0.4 is 20.1 Å². The molecule has 0 spiro atoms. The number of nitrogens with one attached hydrogen (secondary N) is 2. The first kappa shape index (κ1) is 37.6. The van der Waals surface area contributed by atoms with Crippen LogP contribution in [0, 0.1) is 0 Å². The van der Waals surface area contributed by atoms with Crippen molar-refractivity contribution in [3.05, 3.63) is 143 Å². The van der Waals surface area contributed by atoms with Gasteiger partial charge in [-0.05, 0) is 87.1 Å². The van der Waals surface area contributed by atoms with Gasteiger partial charge in [-0.3, -0.25) is 19.2 Å². The molecular weight excluding hydrogens is 681 g/mol. The average molecular weight is 727 g/mol. The molecular formula is C44H46N4O6. The number of hydrogen-bond donors (Lipinski definition) is 2. The monoisotopic (exact) mass is 726 g/mol. The molecule has 10 nitrogen and oxygen atoms in total. The molecule has 0 bridgehead atoms. The van der Waals surface area contributed by atoms with Crippen LogP contribution in [0.25, 0.3) is 12.2 Å². The summed E-state index contributed by atoms with van der Waals surface area (Å²) in [6.07, 6.45) is 9.15. The van der Waals surface area contributed by atoms with E-state index in [9.17, 15) is 19.2 Å².